The standard InChI is InChI=1S/C28H21N15O/c1-44-15-21-22(40-41-23-16(13-29)14-43(42-23)28-30-11-6-12-31-28)24(37-25-32-17-7-2-3-8-18(17)33-25)38-27(36-21)39-26-34-19-9-4-5-10-20(19)35-26/h2-12,14H,15H2,1H3,(H4,32,33,34,35,36,37,38,39). The molecule has 0 saturated carbocycles. The Morgan fingerprint density at radius 3 is 2.20 bits per heavy atom. The van der Waals surface area contributed by atoms with Crippen molar-refractivity contribution in [2.45, 2.75) is 6.61 Å². The smallest absolute Gasteiger partial charge is 0.250 e. The first kappa shape index (κ1) is 26.3. The molecular formula is C28H21N15O. The molecule has 2 aromatic carbocycles. The number of aromatic nitrogens is 10. The van der Waals surface area contributed by atoms with E-state index < -0.39 is 0 Å². The Morgan fingerprint density at radius 1 is 0.864 bits per heavy atom. The van der Waals surface area contributed by atoms with Gasteiger partial charge in [0.15, 0.2) is 11.5 Å². The van der Waals surface area contributed by atoms with Gasteiger partial charge in [-0.1, -0.05) is 24.3 Å². The summed E-state index contributed by atoms with van der Waals surface area (Å²) in [7, 11) is 1.54. The molecule has 0 amide bonds. The molecule has 0 aliphatic carbocycles. The average molecular weight is 584 g/mol. The molecule has 0 fully saturated rings. The highest BCUT2D eigenvalue weighted by Gasteiger charge is 2.19. The highest BCUT2D eigenvalue weighted by molar-refractivity contribution is 5.80. The van der Waals surface area contributed by atoms with Gasteiger partial charge in [-0.25, -0.2) is 29.6 Å². The van der Waals surface area contributed by atoms with Crippen molar-refractivity contribution in [3.8, 4) is 12.0 Å². The molecule has 4 N–H and O–H groups in total. The number of H-pyrrole nitrogens is 2. The number of para-hydroxylation sites is 4. The molecule has 0 aliphatic rings. The molecular weight excluding hydrogens is 562 g/mol. The highest BCUT2D eigenvalue weighted by atomic mass is 16.5. The maximum Gasteiger partial charge on any atom is 0.250 e. The molecule has 214 valence electrons. The van der Waals surface area contributed by atoms with Crippen LogP contribution in [0.4, 0.5) is 35.2 Å². The van der Waals surface area contributed by atoms with Crippen molar-refractivity contribution < 1.29 is 4.74 Å². The third kappa shape index (κ3) is 5.24. The lowest BCUT2D eigenvalue weighted by Gasteiger charge is -2.12. The minimum atomic E-state index is 0.0579. The Balaban J connectivity index is 1.31. The van der Waals surface area contributed by atoms with Gasteiger partial charge in [0.25, 0.3) is 5.95 Å². The van der Waals surface area contributed by atoms with Crippen LogP contribution < -0.4 is 10.6 Å². The Bertz CT molecular complexity index is 2110. The van der Waals surface area contributed by atoms with E-state index >= 15 is 0 Å². The molecule has 16 nitrogen and oxygen atoms in total. The van der Waals surface area contributed by atoms with Crippen LogP contribution in [-0.2, 0) is 11.3 Å². The highest BCUT2D eigenvalue weighted by Crippen LogP contribution is 2.33. The van der Waals surface area contributed by atoms with Crippen LogP contribution >= 0.6 is 0 Å². The van der Waals surface area contributed by atoms with Gasteiger partial charge in [0, 0.05) is 19.5 Å². The number of hydrogen-bond donors (Lipinski definition) is 4. The second-order valence-corrected chi connectivity index (χ2v) is 9.25. The molecule has 44 heavy (non-hydrogen) atoms. The average Bonchev–Trinajstić information content (AvgIpc) is 3.77. The molecule has 0 spiro atoms. The van der Waals surface area contributed by atoms with Crippen molar-refractivity contribution >= 4 is 57.2 Å². The Morgan fingerprint density at radius 2 is 1.55 bits per heavy atom. The summed E-state index contributed by atoms with van der Waals surface area (Å²) in [5.41, 5.74) is 4.04. The third-order valence-corrected chi connectivity index (χ3v) is 6.30. The molecule has 0 radical (unpaired) electrons. The molecule has 0 saturated heterocycles. The van der Waals surface area contributed by atoms with Gasteiger partial charge in [-0.2, -0.15) is 10.2 Å². The van der Waals surface area contributed by atoms with E-state index in [9.17, 15) is 5.26 Å². The second-order valence-electron chi connectivity index (χ2n) is 9.25. The lowest BCUT2D eigenvalue weighted by molar-refractivity contribution is 0.182. The van der Waals surface area contributed by atoms with Crippen LogP contribution in [-0.4, -0.2) is 56.8 Å². The van der Waals surface area contributed by atoms with Gasteiger partial charge in [0.2, 0.25) is 23.7 Å². The van der Waals surface area contributed by atoms with Gasteiger partial charge in [0.1, 0.15) is 17.3 Å². The zero-order valence-corrected chi connectivity index (χ0v) is 23.0. The van der Waals surface area contributed by atoms with Crippen molar-refractivity contribution in [2.24, 2.45) is 10.2 Å². The summed E-state index contributed by atoms with van der Waals surface area (Å²) in [4.78, 5) is 33.3. The van der Waals surface area contributed by atoms with E-state index in [1.807, 2.05) is 48.5 Å². The predicted molar refractivity (Wildman–Crippen MR) is 160 cm³/mol. The number of fused-ring (bicyclic) bond motifs is 2. The van der Waals surface area contributed by atoms with E-state index in [4.69, 9.17) is 4.74 Å². The van der Waals surface area contributed by atoms with Gasteiger partial charge in [0.05, 0.1) is 34.9 Å². The lowest BCUT2D eigenvalue weighted by atomic mass is 10.3. The first-order chi connectivity index (χ1) is 21.7. The molecule has 0 atom stereocenters. The van der Waals surface area contributed by atoms with Crippen LogP contribution in [0, 0.1) is 11.3 Å². The van der Waals surface area contributed by atoms with E-state index in [0.29, 0.717) is 17.6 Å². The summed E-state index contributed by atoms with van der Waals surface area (Å²) in [5.74, 6) is 1.69. The Labute approximate surface area is 248 Å². The zero-order chi connectivity index (χ0) is 29.9. The fourth-order valence-corrected chi connectivity index (χ4v) is 4.36. The summed E-state index contributed by atoms with van der Waals surface area (Å²) in [6.07, 6.45) is 4.62. The van der Waals surface area contributed by atoms with Gasteiger partial charge in [-0.15, -0.1) is 15.3 Å². The quantitative estimate of drug-likeness (QED) is 0.164. The van der Waals surface area contributed by atoms with Crippen molar-refractivity contribution in [1.29, 1.82) is 5.26 Å². The van der Waals surface area contributed by atoms with E-state index in [-0.39, 0.29) is 41.4 Å². The number of hydrogen-bond acceptors (Lipinski definition) is 13. The molecule has 7 rings (SSSR count). The van der Waals surface area contributed by atoms with E-state index in [2.05, 4.69) is 71.9 Å². The number of anilines is 4. The minimum absolute atomic E-state index is 0.0579. The second kappa shape index (κ2) is 11.3. The largest absolute Gasteiger partial charge is 0.378 e. The van der Waals surface area contributed by atoms with Gasteiger partial charge >= 0.3 is 0 Å². The van der Waals surface area contributed by atoms with Gasteiger partial charge < -0.3 is 20.0 Å². The fraction of sp³-hybridized carbons (Fsp3) is 0.0714. The monoisotopic (exact) mass is 583 g/mol. The Hall–Kier alpha value is -6.60. The molecule has 5 heterocycles. The van der Waals surface area contributed by atoms with Crippen LogP contribution in [0.1, 0.15) is 11.3 Å². The van der Waals surface area contributed by atoms with Crippen LogP contribution in [0.2, 0.25) is 0 Å². The topological polar surface area (TPSA) is 209 Å². The summed E-state index contributed by atoms with van der Waals surface area (Å²) < 4.78 is 6.81. The van der Waals surface area contributed by atoms with Crippen LogP contribution in [0.15, 0.2) is 83.4 Å². The minimum Gasteiger partial charge on any atom is -0.378 e. The first-order valence-electron chi connectivity index (χ1n) is 13.2. The first-order valence-corrected chi connectivity index (χ1v) is 13.2. The number of azo groups is 1. The molecule has 5 aromatic heterocycles. The number of imidazole rings is 2. The van der Waals surface area contributed by atoms with Crippen molar-refractivity contribution in [3.63, 3.8) is 0 Å². The maximum absolute atomic E-state index is 9.73. The third-order valence-electron chi connectivity index (χ3n) is 6.30. The number of methoxy groups -OCH3 is 1. The van der Waals surface area contributed by atoms with Crippen molar-refractivity contribution in [2.75, 3.05) is 17.7 Å². The number of rotatable bonds is 9. The van der Waals surface area contributed by atoms with Gasteiger partial charge in [-0.3, -0.25) is 5.32 Å². The number of nitrogens with one attached hydrogen (secondary N) is 4. The normalized spacial score (nSPS) is 11.4. The van der Waals surface area contributed by atoms with E-state index in [1.165, 1.54) is 18.0 Å². The summed E-state index contributed by atoms with van der Waals surface area (Å²) >= 11 is 0. The molecule has 16 heteroatoms. The summed E-state index contributed by atoms with van der Waals surface area (Å²) in [6, 6.07) is 19.0. The molecule has 7 aromatic rings. The zero-order valence-electron chi connectivity index (χ0n) is 23.0. The summed E-state index contributed by atoms with van der Waals surface area (Å²) in [5, 5.41) is 29.1. The van der Waals surface area contributed by atoms with Gasteiger partial charge in [-0.05, 0) is 30.3 Å². The number of aromatic amines is 2. The predicted octanol–water partition coefficient (Wildman–Crippen LogP) is 5.13. The van der Waals surface area contributed by atoms with E-state index in [1.54, 1.807) is 18.5 Å². The van der Waals surface area contributed by atoms with Crippen LogP contribution in [0.5, 0.6) is 0 Å². The fourth-order valence-electron chi connectivity index (χ4n) is 4.36. The molecule has 0 bridgehead atoms. The summed E-state index contributed by atoms with van der Waals surface area (Å²) in [6.45, 7) is 0.0674. The molecule has 0 unspecified atom stereocenters. The number of ether oxygens (including phenoxy) is 1. The lowest BCUT2D eigenvalue weighted by Crippen LogP contribution is -2.07. The maximum atomic E-state index is 9.73. The van der Waals surface area contributed by atoms with Crippen LogP contribution in [0.3, 0.4) is 0 Å². The number of nitriles is 1. The van der Waals surface area contributed by atoms with E-state index in [0.717, 1.165) is 22.1 Å². The SMILES string of the molecule is COCc1nc(Nc2nc3ccccc3[nH]2)nc(Nc2nc3ccccc3[nH]2)c1N=Nc1nn(-c2ncccn2)cc1C#N. The van der Waals surface area contributed by atoms with Crippen molar-refractivity contribution in [1.82, 2.24) is 49.7 Å². The van der Waals surface area contributed by atoms with Crippen molar-refractivity contribution in [3.05, 3.63) is 84.4 Å². The number of nitrogens with zero attached hydrogens (tertiary/aromatic N) is 11. The van der Waals surface area contributed by atoms with Crippen LogP contribution in [0.25, 0.3) is 28.0 Å². The Kier molecular flexibility index (Phi) is 6.79. The number of benzene rings is 2. The molecule has 0 aliphatic heterocycles.